The van der Waals surface area contributed by atoms with Crippen molar-refractivity contribution in [1.29, 1.82) is 0 Å². The third-order valence-electron chi connectivity index (χ3n) is 5.70. The van der Waals surface area contributed by atoms with E-state index in [9.17, 15) is 13.2 Å². The van der Waals surface area contributed by atoms with Crippen LogP contribution in [0.5, 0.6) is 0 Å². The molecule has 31 heavy (non-hydrogen) atoms. The largest absolute Gasteiger partial charge is 0.338 e. The van der Waals surface area contributed by atoms with Crippen molar-refractivity contribution in [3.8, 4) is 0 Å². The molecule has 0 saturated carbocycles. The first kappa shape index (κ1) is 23.3. The molecule has 0 aromatic heterocycles. The number of rotatable bonds is 7. The van der Waals surface area contributed by atoms with Crippen LogP contribution in [0.25, 0.3) is 0 Å². The third-order valence-corrected chi connectivity index (χ3v) is 6.43. The highest BCUT2D eigenvalue weighted by atomic mass is 32.2. The van der Waals surface area contributed by atoms with E-state index in [1.807, 2.05) is 13.0 Å². The standard InChI is InChI=1S/C24H33N3O3S/c1-4-25-24(28)27-14-6-9-22(26-31(3,29)30)23(27)17-21-8-5-7-20(16-21)15-19-12-10-18(2)11-13-19/h5,7-8,10-13,16,22-23,26H,4,6,9,14-15,17H2,1-3H3,(H,25,28)/t22-,23-/m0/s1. The number of hydrogen-bond donors (Lipinski definition) is 2. The summed E-state index contributed by atoms with van der Waals surface area (Å²) in [5.74, 6) is 0. The van der Waals surface area contributed by atoms with Crippen molar-refractivity contribution in [1.82, 2.24) is 14.9 Å². The summed E-state index contributed by atoms with van der Waals surface area (Å²) in [6.07, 6.45) is 4.11. The van der Waals surface area contributed by atoms with Gasteiger partial charge >= 0.3 is 6.03 Å². The lowest BCUT2D eigenvalue weighted by Gasteiger charge is -2.41. The molecule has 1 aliphatic rings. The quantitative estimate of drug-likeness (QED) is 0.690. The number of sulfonamides is 1. The van der Waals surface area contributed by atoms with Gasteiger partial charge in [-0.1, -0.05) is 54.1 Å². The smallest absolute Gasteiger partial charge is 0.317 e. The minimum atomic E-state index is -3.37. The van der Waals surface area contributed by atoms with Crippen LogP contribution >= 0.6 is 0 Å². The fraction of sp³-hybridized carbons (Fsp3) is 0.458. The molecule has 2 atom stereocenters. The number of likely N-dealkylation sites (tertiary alicyclic amines) is 1. The molecule has 1 saturated heterocycles. The molecule has 0 aliphatic carbocycles. The number of hydrogen-bond acceptors (Lipinski definition) is 3. The molecule has 2 amide bonds. The Balaban J connectivity index is 1.82. The molecular weight excluding hydrogens is 410 g/mol. The molecule has 3 rings (SSSR count). The van der Waals surface area contributed by atoms with Gasteiger partial charge in [-0.05, 0) is 56.2 Å². The molecule has 0 radical (unpaired) electrons. The molecule has 2 aromatic carbocycles. The average Bonchev–Trinajstić information content (AvgIpc) is 2.70. The highest BCUT2D eigenvalue weighted by molar-refractivity contribution is 7.88. The molecule has 1 aliphatic heterocycles. The Morgan fingerprint density at radius 1 is 1.10 bits per heavy atom. The molecule has 0 unspecified atom stereocenters. The topological polar surface area (TPSA) is 78.5 Å². The Kier molecular flexibility index (Phi) is 7.73. The van der Waals surface area contributed by atoms with Crippen LogP contribution in [0.2, 0.25) is 0 Å². The fourth-order valence-corrected chi connectivity index (χ4v) is 5.10. The number of carbonyl (C=O) groups is 1. The van der Waals surface area contributed by atoms with E-state index in [2.05, 4.69) is 59.4 Å². The number of nitrogens with one attached hydrogen (secondary N) is 2. The van der Waals surface area contributed by atoms with E-state index in [4.69, 9.17) is 0 Å². The van der Waals surface area contributed by atoms with Crippen LogP contribution in [-0.4, -0.2) is 50.8 Å². The number of urea groups is 1. The molecule has 7 heteroatoms. The van der Waals surface area contributed by atoms with Gasteiger partial charge in [0.25, 0.3) is 0 Å². The lowest BCUT2D eigenvalue weighted by Crippen LogP contribution is -2.59. The highest BCUT2D eigenvalue weighted by Crippen LogP contribution is 2.23. The molecule has 2 N–H and O–H groups in total. The zero-order valence-corrected chi connectivity index (χ0v) is 19.4. The van der Waals surface area contributed by atoms with Crippen molar-refractivity contribution in [2.24, 2.45) is 0 Å². The van der Waals surface area contributed by atoms with Crippen molar-refractivity contribution >= 4 is 16.1 Å². The average molecular weight is 444 g/mol. The second kappa shape index (κ2) is 10.3. The Bertz CT molecular complexity index is 989. The summed E-state index contributed by atoms with van der Waals surface area (Å²) < 4.78 is 26.7. The maximum atomic E-state index is 12.7. The monoisotopic (exact) mass is 443 g/mol. The van der Waals surface area contributed by atoms with E-state index in [0.717, 1.165) is 24.8 Å². The second-order valence-electron chi connectivity index (χ2n) is 8.42. The molecule has 0 spiro atoms. The first-order valence-corrected chi connectivity index (χ1v) is 12.8. The van der Waals surface area contributed by atoms with Crippen LogP contribution in [0.4, 0.5) is 4.79 Å². The van der Waals surface area contributed by atoms with Gasteiger partial charge in [0.05, 0.1) is 12.3 Å². The molecule has 6 nitrogen and oxygen atoms in total. The summed E-state index contributed by atoms with van der Waals surface area (Å²) in [5.41, 5.74) is 4.80. The Hall–Kier alpha value is -2.38. The van der Waals surface area contributed by atoms with Gasteiger partial charge in [-0.15, -0.1) is 0 Å². The molecule has 1 fully saturated rings. The normalized spacial score (nSPS) is 19.3. The first-order valence-electron chi connectivity index (χ1n) is 10.9. The van der Waals surface area contributed by atoms with E-state index in [1.165, 1.54) is 22.9 Å². The summed E-state index contributed by atoms with van der Waals surface area (Å²) >= 11 is 0. The SMILES string of the molecule is CCNC(=O)N1CCC[C@H](NS(C)(=O)=O)[C@@H]1Cc1cccc(Cc2ccc(C)cc2)c1. The Morgan fingerprint density at radius 3 is 2.48 bits per heavy atom. The fourth-order valence-electron chi connectivity index (χ4n) is 4.28. The van der Waals surface area contributed by atoms with Crippen LogP contribution < -0.4 is 10.0 Å². The summed E-state index contributed by atoms with van der Waals surface area (Å²) in [6.45, 7) is 5.13. The van der Waals surface area contributed by atoms with Crippen LogP contribution in [0.15, 0.2) is 48.5 Å². The van der Waals surface area contributed by atoms with E-state index >= 15 is 0 Å². The third kappa shape index (κ3) is 6.80. The number of carbonyl (C=O) groups excluding carboxylic acids is 1. The van der Waals surface area contributed by atoms with Gasteiger partial charge in [0.2, 0.25) is 10.0 Å². The zero-order chi connectivity index (χ0) is 22.4. The lowest BCUT2D eigenvalue weighted by atomic mass is 9.90. The predicted octanol–water partition coefficient (Wildman–Crippen LogP) is 3.24. The van der Waals surface area contributed by atoms with Crippen LogP contribution in [0.1, 0.15) is 42.0 Å². The number of aryl methyl sites for hydroxylation is 1. The minimum Gasteiger partial charge on any atom is -0.338 e. The summed E-state index contributed by atoms with van der Waals surface area (Å²) in [4.78, 5) is 14.5. The minimum absolute atomic E-state index is 0.136. The van der Waals surface area contributed by atoms with Crippen molar-refractivity contribution < 1.29 is 13.2 Å². The van der Waals surface area contributed by atoms with E-state index in [-0.39, 0.29) is 18.1 Å². The molecule has 1 heterocycles. The van der Waals surface area contributed by atoms with Gasteiger partial charge in [-0.25, -0.2) is 17.9 Å². The zero-order valence-electron chi connectivity index (χ0n) is 18.6. The van der Waals surface area contributed by atoms with E-state index < -0.39 is 10.0 Å². The number of benzene rings is 2. The lowest BCUT2D eigenvalue weighted by molar-refractivity contribution is 0.134. The van der Waals surface area contributed by atoms with Crippen molar-refractivity contribution in [3.05, 3.63) is 70.8 Å². The first-order chi connectivity index (χ1) is 14.7. The van der Waals surface area contributed by atoms with Gasteiger partial charge in [-0.2, -0.15) is 0 Å². The number of amides is 2. The maximum absolute atomic E-state index is 12.7. The van der Waals surface area contributed by atoms with Gasteiger partial charge in [0, 0.05) is 19.1 Å². The van der Waals surface area contributed by atoms with Crippen LogP contribution in [-0.2, 0) is 22.9 Å². The van der Waals surface area contributed by atoms with Crippen molar-refractivity contribution in [2.75, 3.05) is 19.3 Å². The highest BCUT2D eigenvalue weighted by Gasteiger charge is 2.35. The van der Waals surface area contributed by atoms with Crippen molar-refractivity contribution in [2.45, 2.75) is 51.6 Å². The number of nitrogens with zero attached hydrogens (tertiary/aromatic N) is 1. The second-order valence-corrected chi connectivity index (χ2v) is 10.2. The Labute approximate surface area is 186 Å². The predicted molar refractivity (Wildman–Crippen MR) is 125 cm³/mol. The van der Waals surface area contributed by atoms with Crippen molar-refractivity contribution in [3.63, 3.8) is 0 Å². The molecular formula is C24H33N3O3S. The summed E-state index contributed by atoms with van der Waals surface area (Å²) in [6, 6.07) is 16.2. The molecule has 2 aromatic rings. The Morgan fingerprint density at radius 2 is 1.81 bits per heavy atom. The number of piperidine rings is 1. The maximum Gasteiger partial charge on any atom is 0.317 e. The van der Waals surface area contributed by atoms with Gasteiger partial charge < -0.3 is 10.2 Å². The van der Waals surface area contributed by atoms with E-state index in [0.29, 0.717) is 19.5 Å². The van der Waals surface area contributed by atoms with Gasteiger partial charge in [0.1, 0.15) is 0 Å². The molecule has 168 valence electrons. The van der Waals surface area contributed by atoms with Crippen LogP contribution in [0.3, 0.4) is 0 Å². The van der Waals surface area contributed by atoms with Gasteiger partial charge in [0.15, 0.2) is 0 Å². The van der Waals surface area contributed by atoms with Crippen LogP contribution in [0, 0.1) is 6.92 Å². The molecule has 0 bridgehead atoms. The van der Waals surface area contributed by atoms with E-state index in [1.54, 1.807) is 4.90 Å². The summed E-state index contributed by atoms with van der Waals surface area (Å²) in [7, 11) is -3.37. The van der Waals surface area contributed by atoms with Gasteiger partial charge in [-0.3, -0.25) is 0 Å². The summed E-state index contributed by atoms with van der Waals surface area (Å²) in [5, 5.41) is 2.87.